The van der Waals surface area contributed by atoms with E-state index in [2.05, 4.69) is 0 Å². The van der Waals surface area contributed by atoms with E-state index in [0.717, 1.165) is 6.07 Å². The number of halogens is 1. The van der Waals surface area contributed by atoms with E-state index in [1.54, 1.807) is 6.92 Å². The van der Waals surface area contributed by atoms with Crippen LogP contribution in [-0.4, -0.2) is 10.9 Å². The van der Waals surface area contributed by atoms with E-state index in [0.29, 0.717) is 5.56 Å². The average molecular weight is 209 g/mol. The summed E-state index contributed by atoms with van der Waals surface area (Å²) in [6, 6.07) is 2.40. The fraction of sp³-hybridized carbons (Fsp3) is 0.182. The third kappa shape index (κ3) is 2.15. The zero-order valence-corrected chi connectivity index (χ0v) is 8.54. The van der Waals surface area contributed by atoms with Crippen LogP contribution >= 0.6 is 0 Å². The van der Waals surface area contributed by atoms with Gasteiger partial charge in [-0.25, -0.2) is 4.39 Å². The quantitative estimate of drug-likeness (QED) is 0.340. The fourth-order valence-electron chi connectivity index (χ4n) is 1.22. The molecule has 0 aromatic heterocycles. The Hall–Kier alpha value is -1.84. The van der Waals surface area contributed by atoms with Crippen LogP contribution in [0.1, 0.15) is 22.8 Å². The molecule has 1 rings (SSSR count). The van der Waals surface area contributed by atoms with Crippen LogP contribution in [0.25, 0.3) is 0 Å². The molecular weight excluding hydrogens is 197 g/mol. The number of aliphatic hydroxyl groups is 1. The van der Waals surface area contributed by atoms with Crippen LogP contribution in [0.4, 0.5) is 10.1 Å². The summed E-state index contributed by atoms with van der Waals surface area (Å²) in [4.78, 5) is 11.5. The van der Waals surface area contributed by atoms with Crippen molar-refractivity contribution in [3.05, 3.63) is 40.9 Å². The Kier molecular flexibility index (Phi) is 3.09. The van der Waals surface area contributed by atoms with Gasteiger partial charge in [-0.05, 0) is 37.6 Å². The zero-order valence-electron chi connectivity index (χ0n) is 8.54. The average Bonchev–Trinajstić information content (AvgIpc) is 2.21. The maximum absolute atomic E-state index is 13.1. The Labute approximate surface area is 87.0 Å². The molecule has 15 heavy (non-hydrogen) atoms. The van der Waals surface area contributed by atoms with Crippen LogP contribution in [0.2, 0.25) is 0 Å². The van der Waals surface area contributed by atoms with Crippen molar-refractivity contribution in [2.45, 2.75) is 13.8 Å². The molecule has 0 aliphatic carbocycles. The normalized spacial score (nSPS) is 11.5. The van der Waals surface area contributed by atoms with Gasteiger partial charge in [0.2, 0.25) is 5.78 Å². The molecule has 1 aromatic rings. The van der Waals surface area contributed by atoms with Crippen LogP contribution in [0, 0.1) is 12.7 Å². The van der Waals surface area contributed by atoms with Crippen molar-refractivity contribution in [2.24, 2.45) is 0 Å². The molecule has 0 bridgehead atoms. The van der Waals surface area contributed by atoms with E-state index < -0.39 is 17.4 Å². The van der Waals surface area contributed by atoms with E-state index in [9.17, 15) is 14.3 Å². The number of nitrogens with two attached hydrogens (primary N) is 1. The van der Waals surface area contributed by atoms with Gasteiger partial charge in [0, 0.05) is 5.56 Å². The smallest absolute Gasteiger partial charge is 0.227 e. The molecule has 3 nitrogen and oxygen atoms in total. The lowest BCUT2D eigenvalue weighted by molar-refractivity contribution is 0.0976. The molecule has 4 heteroatoms. The molecule has 0 aliphatic heterocycles. The van der Waals surface area contributed by atoms with E-state index in [-0.39, 0.29) is 11.3 Å². The lowest BCUT2D eigenvalue weighted by Gasteiger charge is -2.06. The van der Waals surface area contributed by atoms with Crippen molar-refractivity contribution in [1.29, 1.82) is 0 Å². The van der Waals surface area contributed by atoms with E-state index in [1.807, 2.05) is 0 Å². The number of rotatable bonds is 2. The highest BCUT2D eigenvalue weighted by atomic mass is 19.1. The molecule has 0 fully saturated rings. The largest absolute Gasteiger partial charge is 0.504 e. The number of carbonyl (C=O) groups excluding carboxylic acids is 1. The van der Waals surface area contributed by atoms with Gasteiger partial charge in [-0.1, -0.05) is 0 Å². The summed E-state index contributed by atoms with van der Waals surface area (Å²) < 4.78 is 13.1. The number of hydrogen-bond acceptors (Lipinski definition) is 3. The second kappa shape index (κ2) is 4.13. The van der Waals surface area contributed by atoms with E-state index in [1.165, 1.54) is 19.1 Å². The Bertz CT molecular complexity index is 438. The fourth-order valence-corrected chi connectivity index (χ4v) is 1.22. The van der Waals surface area contributed by atoms with E-state index >= 15 is 0 Å². The van der Waals surface area contributed by atoms with Crippen LogP contribution < -0.4 is 5.73 Å². The summed E-state index contributed by atoms with van der Waals surface area (Å²) in [6.45, 7) is 3.15. The zero-order chi connectivity index (χ0) is 11.6. The number of anilines is 1. The molecule has 0 atom stereocenters. The van der Waals surface area contributed by atoms with Crippen LogP contribution in [-0.2, 0) is 0 Å². The summed E-state index contributed by atoms with van der Waals surface area (Å²) in [5.41, 5.74) is 5.98. The number of aliphatic hydroxyl groups excluding tert-OH is 1. The predicted octanol–water partition coefficient (Wildman–Crippen LogP) is 2.36. The van der Waals surface area contributed by atoms with Gasteiger partial charge in [0.15, 0.2) is 5.76 Å². The molecule has 0 radical (unpaired) electrons. The number of aryl methyl sites for hydroxylation is 1. The van der Waals surface area contributed by atoms with Crippen molar-refractivity contribution >= 4 is 11.5 Å². The third-order valence-corrected chi connectivity index (χ3v) is 2.09. The van der Waals surface area contributed by atoms with Gasteiger partial charge in [0.05, 0.1) is 5.69 Å². The van der Waals surface area contributed by atoms with Crippen molar-refractivity contribution in [2.75, 3.05) is 5.73 Å². The standard InChI is InChI=1S/C11H12FNO2/c1-3-10(14)11(15)7-5-8(12)9(13)4-6(7)2/h3-5,14H,13H2,1-2H3/b10-3+. The Balaban J connectivity index is 3.27. The molecule has 0 aliphatic rings. The molecule has 1 aromatic carbocycles. The summed E-state index contributed by atoms with van der Waals surface area (Å²) >= 11 is 0. The van der Waals surface area contributed by atoms with Gasteiger partial charge in [-0.15, -0.1) is 0 Å². The topological polar surface area (TPSA) is 63.3 Å². The minimum atomic E-state index is -0.659. The molecule has 0 amide bonds. The van der Waals surface area contributed by atoms with Gasteiger partial charge in [-0.2, -0.15) is 0 Å². The molecule has 0 heterocycles. The Morgan fingerprint density at radius 1 is 1.53 bits per heavy atom. The number of hydrogen-bond donors (Lipinski definition) is 2. The molecule has 0 unspecified atom stereocenters. The van der Waals surface area contributed by atoms with Crippen molar-refractivity contribution in [3.63, 3.8) is 0 Å². The number of Topliss-reactive ketones (excluding diaryl/α,β-unsaturated/α-hetero) is 1. The molecule has 0 spiro atoms. The predicted molar refractivity (Wildman–Crippen MR) is 56.3 cm³/mol. The number of carbonyl (C=O) groups is 1. The van der Waals surface area contributed by atoms with Crippen LogP contribution in [0.5, 0.6) is 0 Å². The molecule has 0 saturated heterocycles. The van der Waals surface area contributed by atoms with Gasteiger partial charge in [-0.3, -0.25) is 4.79 Å². The van der Waals surface area contributed by atoms with Gasteiger partial charge < -0.3 is 10.8 Å². The summed E-state index contributed by atoms with van der Waals surface area (Å²) in [5.74, 6) is -1.66. The monoisotopic (exact) mass is 209 g/mol. The third-order valence-electron chi connectivity index (χ3n) is 2.09. The number of nitrogen functional groups attached to an aromatic ring is 1. The Morgan fingerprint density at radius 2 is 2.13 bits per heavy atom. The number of benzene rings is 1. The number of ketones is 1. The lowest BCUT2D eigenvalue weighted by atomic mass is 10.0. The SMILES string of the molecule is C/C=C(/O)C(=O)c1cc(F)c(N)cc1C. The maximum atomic E-state index is 13.1. The van der Waals surface area contributed by atoms with Gasteiger partial charge in [0.1, 0.15) is 5.82 Å². The minimum absolute atomic E-state index is 0.0102. The lowest BCUT2D eigenvalue weighted by Crippen LogP contribution is -2.07. The van der Waals surface area contributed by atoms with Crippen LogP contribution in [0.3, 0.4) is 0 Å². The Morgan fingerprint density at radius 3 is 2.67 bits per heavy atom. The van der Waals surface area contributed by atoms with Crippen molar-refractivity contribution < 1.29 is 14.3 Å². The van der Waals surface area contributed by atoms with Gasteiger partial charge in [0.25, 0.3) is 0 Å². The summed E-state index contributed by atoms with van der Waals surface area (Å²) in [7, 11) is 0. The van der Waals surface area contributed by atoms with Gasteiger partial charge >= 0.3 is 0 Å². The summed E-state index contributed by atoms with van der Waals surface area (Å²) in [5, 5.41) is 9.22. The first-order chi connectivity index (χ1) is 6.97. The highest BCUT2D eigenvalue weighted by Crippen LogP contribution is 2.19. The van der Waals surface area contributed by atoms with Crippen LogP contribution in [0.15, 0.2) is 24.0 Å². The molecule has 80 valence electrons. The molecule has 0 saturated carbocycles. The molecule has 3 N–H and O–H groups in total. The first-order valence-electron chi connectivity index (χ1n) is 4.43. The highest BCUT2D eigenvalue weighted by molar-refractivity contribution is 6.08. The highest BCUT2D eigenvalue weighted by Gasteiger charge is 2.15. The van der Waals surface area contributed by atoms with Crippen molar-refractivity contribution in [1.82, 2.24) is 0 Å². The first-order valence-corrected chi connectivity index (χ1v) is 4.43. The number of allylic oxidation sites excluding steroid dienone is 2. The first kappa shape index (κ1) is 11.2. The second-order valence-electron chi connectivity index (χ2n) is 3.19. The second-order valence-corrected chi connectivity index (χ2v) is 3.19. The van der Waals surface area contributed by atoms with Crippen molar-refractivity contribution in [3.8, 4) is 0 Å². The van der Waals surface area contributed by atoms with E-state index in [4.69, 9.17) is 5.73 Å². The minimum Gasteiger partial charge on any atom is -0.504 e. The maximum Gasteiger partial charge on any atom is 0.227 e. The summed E-state index contributed by atoms with van der Waals surface area (Å²) in [6.07, 6.45) is 1.26. The molecular formula is C11H12FNO2.